The van der Waals surface area contributed by atoms with Crippen molar-refractivity contribution in [3.8, 4) is 0 Å². The van der Waals surface area contributed by atoms with Crippen LogP contribution < -0.4 is 5.73 Å². The van der Waals surface area contributed by atoms with Gasteiger partial charge in [-0.15, -0.1) is 0 Å². The molecule has 0 saturated heterocycles. The van der Waals surface area contributed by atoms with Gasteiger partial charge in [0.1, 0.15) is 11.6 Å². The Hall–Kier alpha value is -1.52. The third-order valence-electron chi connectivity index (χ3n) is 2.75. The number of nitrogens with zero attached hydrogens (tertiary/aromatic N) is 1. The Bertz CT molecular complexity index is 568. The summed E-state index contributed by atoms with van der Waals surface area (Å²) in [6, 6.07) is 6.91. The fraction of sp³-hybridized carbons (Fsp3) is 0.154. The molecule has 1 atom stereocenters. The zero-order valence-electron chi connectivity index (χ0n) is 9.62. The van der Waals surface area contributed by atoms with Crippen molar-refractivity contribution in [3.05, 3.63) is 64.4 Å². The van der Waals surface area contributed by atoms with E-state index in [4.69, 9.17) is 17.3 Å². The van der Waals surface area contributed by atoms with Crippen molar-refractivity contribution in [3.63, 3.8) is 0 Å². The van der Waals surface area contributed by atoms with Crippen molar-refractivity contribution in [2.75, 3.05) is 0 Å². The largest absolute Gasteiger partial charge is 0.317 e. The predicted octanol–water partition coefficient (Wildman–Crippen LogP) is 3.24. The molecule has 18 heavy (non-hydrogen) atoms. The molecule has 2 aromatic rings. The molecule has 1 aromatic carbocycles. The predicted molar refractivity (Wildman–Crippen MR) is 66.2 cm³/mol. The minimum atomic E-state index is -1.15. The van der Waals surface area contributed by atoms with Crippen LogP contribution in [0.25, 0.3) is 0 Å². The van der Waals surface area contributed by atoms with Crippen LogP contribution in [0.3, 0.4) is 0 Å². The molecule has 0 radical (unpaired) electrons. The van der Waals surface area contributed by atoms with E-state index in [0.29, 0.717) is 10.7 Å². The van der Waals surface area contributed by atoms with Gasteiger partial charge < -0.3 is 5.73 Å². The Kier molecular flexibility index (Phi) is 3.32. The van der Waals surface area contributed by atoms with Gasteiger partial charge in [0.15, 0.2) is 0 Å². The van der Waals surface area contributed by atoms with E-state index in [2.05, 4.69) is 4.98 Å². The fourth-order valence-corrected chi connectivity index (χ4v) is 1.89. The van der Waals surface area contributed by atoms with Gasteiger partial charge in [0.05, 0.1) is 17.4 Å². The fourth-order valence-electron chi connectivity index (χ4n) is 1.73. The molecule has 0 saturated carbocycles. The first-order valence-electron chi connectivity index (χ1n) is 5.27. The SMILES string of the molecule is CC(N)(c1ccc(F)cn1)c1ccc(Cl)cc1F. The Labute approximate surface area is 108 Å². The van der Waals surface area contributed by atoms with Crippen LogP contribution in [0.2, 0.25) is 5.02 Å². The summed E-state index contributed by atoms with van der Waals surface area (Å²) in [5.41, 5.74) is 5.58. The van der Waals surface area contributed by atoms with Gasteiger partial charge >= 0.3 is 0 Å². The summed E-state index contributed by atoms with van der Waals surface area (Å²) < 4.78 is 26.7. The summed E-state index contributed by atoms with van der Waals surface area (Å²) in [5, 5.41) is 0.291. The van der Waals surface area contributed by atoms with Crippen LogP contribution in [0.15, 0.2) is 36.5 Å². The number of benzene rings is 1. The third kappa shape index (κ3) is 2.35. The van der Waals surface area contributed by atoms with E-state index in [-0.39, 0.29) is 5.56 Å². The number of hydrogen-bond acceptors (Lipinski definition) is 2. The average molecular weight is 269 g/mol. The standard InChI is InChI=1S/C13H11ClF2N2/c1-13(17,12-5-3-9(15)7-18-12)10-4-2-8(14)6-11(10)16/h2-7H,17H2,1H3. The molecule has 0 aliphatic rings. The zero-order chi connectivity index (χ0) is 13.3. The molecule has 0 bridgehead atoms. The lowest BCUT2D eigenvalue weighted by molar-refractivity contribution is 0.516. The van der Waals surface area contributed by atoms with Crippen LogP contribution in [0.5, 0.6) is 0 Å². The average Bonchev–Trinajstić information content (AvgIpc) is 2.29. The number of aromatic nitrogens is 1. The Morgan fingerprint density at radius 3 is 2.50 bits per heavy atom. The van der Waals surface area contributed by atoms with E-state index in [1.54, 1.807) is 13.0 Å². The highest BCUT2D eigenvalue weighted by atomic mass is 35.5. The smallest absolute Gasteiger partial charge is 0.141 e. The molecule has 0 aliphatic heterocycles. The maximum Gasteiger partial charge on any atom is 0.141 e. The second-order valence-electron chi connectivity index (χ2n) is 4.19. The van der Waals surface area contributed by atoms with Crippen LogP contribution >= 0.6 is 11.6 Å². The zero-order valence-corrected chi connectivity index (χ0v) is 10.4. The Morgan fingerprint density at radius 1 is 1.22 bits per heavy atom. The van der Waals surface area contributed by atoms with Crippen molar-refractivity contribution in [1.82, 2.24) is 4.98 Å². The van der Waals surface area contributed by atoms with E-state index in [1.807, 2.05) is 0 Å². The van der Waals surface area contributed by atoms with Crippen LogP contribution in [-0.2, 0) is 5.54 Å². The molecule has 1 unspecified atom stereocenters. The summed E-state index contributed by atoms with van der Waals surface area (Å²) >= 11 is 5.69. The molecule has 2 N–H and O–H groups in total. The lowest BCUT2D eigenvalue weighted by Crippen LogP contribution is -2.36. The van der Waals surface area contributed by atoms with Crippen molar-refractivity contribution < 1.29 is 8.78 Å². The van der Waals surface area contributed by atoms with Crippen molar-refractivity contribution in [1.29, 1.82) is 0 Å². The quantitative estimate of drug-likeness (QED) is 0.908. The molecular formula is C13H11ClF2N2. The van der Waals surface area contributed by atoms with Gasteiger partial charge in [-0.25, -0.2) is 8.78 Å². The lowest BCUT2D eigenvalue weighted by Gasteiger charge is -2.25. The summed E-state index contributed by atoms with van der Waals surface area (Å²) in [7, 11) is 0. The first kappa shape index (κ1) is 12.9. The minimum Gasteiger partial charge on any atom is -0.317 e. The summed E-state index contributed by atoms with van der Waals surface area (Å²) in [4.78, 5) is 3.89. The van der Waals surface area contributed by atoms with Gasteiger partial charge in [0, 0.05) is 10.6 Å². The first-order chi connectivity index (χ1) is 8.41. The number of rotatable bonds is 2. The lowest BCUT2D eigenvalue weighted by atomic mass is 9.89. The van der Waals surface area contributed by atoms with E-state index in [1.165, 1.54) is 24.3 Å². The van der Waals surface area contributed by atoms with Gasteiger partial charge in [0.2, 0.25) is 0 Å². The highest BCUT2D eigenvalue weighted by molar-refractivity contribution is 6.30. The molecule has 5 heteroatoms. The number of nitrogens with two attached hydrogens (primary N) is 1. The van der Waals surface area contributed by atoms with E-state index >= 15 is 0 Å². The maximum absolute atomic E-state index is 13.8. The molecule has 0 aliphatic carbocycles. The Balaban J connectivity index is 2.50. The maximum atomic E-state index is 13.8. The van der Waals surface area contributed by atoms with E-state index < -0.39 is 17.2 Å². The van der Waals surface area contributed by atoms with Gasteiger partial charge in [-0.3, -0.25) is 4.98 Å². The third-order valence-corrected chi connectivity index (χ3v) is 2.99. The highest BCUT2D eigenvalue weighted by Crippen LogP contribution is 2.28. The van der Waals surface area contributed by atoms with Gasteiger partial charge in [-0.1, -0.05) is 17.7 Å². The molecule has 2 nitrogen and oxygen atoms in total. The van der Waals surface area contributed by atoms with E-state index in [0.717, 1.165) is 6.20 Å². The van der Waals surface area contributed by atoms with E-state index in [9.17, 15) is 8.78 Å². The van der Waals surface area contributed by atoms with Crippen LogP contribution in [-0.4, -0.2) is 4.98 Å². The minimum absolute atomic E-state index is 0.256. The summed E-state index contributed by atoms with van der Waals surface area (Å²) in [5.74, 6) is -0.982. The molecule has 0 spiro atoms. The van der Waals surface area contributed by atoms with Crippen LogP contribution in [0.1, 0.15) is 18.2 Å². The summed E-state index contributed by atoms with van der Waals surface area (Å²) in [6.07, 6.45) is 1.05. The Morgan fingerprint density at radius 2 is 1.94 bits per heavy atom. The highest BCUT2D eigenvalue weighted by Gasteiger charge is 2.28. The molecule has 0 amide bonds. The molecule has 2 rings (SSSR count). The topological polar surface area (TPSA) is 38.9 Å². The molecule has 1 heterocycles. The number of pyridine rings is 1. The van der Waals surface area contributed by atoms with Gasteiger partial charge in [-0.05, 0) is 31.2 Å². The molecular weight excluding hydrogens is 258 g/mol. The van der Waals surface area contributed by atoms with Crippen molar-refractivity contribution >= 4 is 11.6 Å². The van der Waals surface area contributed by atoms with Gasteiger partial charge in [0.25, 0.3) is 0 Å². The monoisotopic (exact) mass is 268 g/mol. The number of hydrogen-bond donors (Lipinski definition) is 1. The summed E-state index contributed by atoms with van der Waals surface area (Å²) in [6.45, 7) is 1.61. The van der Waals surface area contributed by atoms with Crippen molar-refractivity contribution in [2.45, 2.75) is 12.5 Å². The van der Waals surface area contributed by atoms with Gasteiger partial charge in [-0.2, -0.15) is 0 Å². The van der Waals surface area contributed by atoms with Crippen molar-refractivity contribution in [2.24, 2.45) is 5.73 Å². The van der Waals surface area contributed by atoms with Crippen LogP contribution in [0.4, 0.5) is 8.78 Å². The molecule has 0 fully saturated rings. The second-order valence-corrected chi connectivity index (χ2v) is 4.62. The normalized spacial score (nSPS) is 14.3. The number of halogens is 3. The molecule has 1 aromatic heterocycles. The van der Waals surface area contributed by atoms with Crippen LogP contribution in [0, 0.1) is 11.6 Å². The second kappa shape index (κ2) is 4.63. The molecule has 94 valence electrons. The first-order valence-corrected chi connectivity index (χ1v) is 5.65.